The van der Waals surface area contributed by atoms with Gasteiger partial charge in [-0.25, -0.2) is 0 Å². The molecular formula is C51H80GdLuN14O19. The quantitative estimate of drug-likeness (QED) is 0.0457. The predicted octanol–water partition coefficient (Wildman–Crippen LogP) is -8.98. The third-order valence-electron chi connectivity index (χ3n) is 15.1. The summed E-state index contributed by atoms with van der Waals surface area (Å²) < 4.78 is 0. The number of carbonyl (C=O) groups excluding carboxylic acids is 5. The second-order valence-corrected chi connectivity index (χ2v) is 21.2. The monoisotopic (exact) mass is 1530 g/mol. The number of hydrogen-bond donors (Lipinski definition) is 13. The molecule has 0 bridgehead atoms. The molecule has 4 aliphatic rings. The van der Waals surface area contributed by atoms with Gasteiger partial charge in [-0.05, 0) is 5.56 Å². The van der Waals surface area contributed by atoms with Crippen LogP contribution in [-0.4, -0.2) is 363 Å². The molecule has 33 nitrogen and oxygen atoms in total. The summed E-state index contributed by atoms with van der Waals surface area (Å²) in [6.45, 7) is -3.75. The fourth-order valence-electron chi connectivity index (χ4n) is 11.0. The zero-order chi connectivity index (χ0) is 61.6. The van der Waals surface area contributed by atoms with Crippen molar-refractivity contribution in [1.29, 1.82) is 0 Å². The predicted molar refractivity (Wildman–Crippen MR) is 292 cm³/mol. The Hall–Kier alpha value is -4.49. The molecule has 0 saturated carbocycles. The van der Waals surface area contributed by atoms with Crippen LogP contribution in [-0.2, 0) is 59.2 Å². The number of hydrogen-bond acceptors (Lipinski definition) is 22. The van der Waals surface area contributed by atoms with E-state index in [0.29, 0.717) is 5.56 Å². The minimum Gasteiger partial charge on any atom is -0.480 e. The standard InChI is InChI=1S/C51H80N14O19.Gd.Lu/c52-37(68)24-54-50(83)48-47(64-20-16-61(31-43(78)79)12-8-58(28-40(72)73)9-13-62(17-21-64)32-44(80)81)36(67)26-65(48)51(84)34(22-33-4-2-1-3-5-33)56-38(69)25-55-49(82)45-46(35(66)23-53-45)63-18-14-59(29-41(74)75)10-6-57(27-39(70)71)7-11-60(15-19-63)30-42(76)77;;/h1-5,34-36,45-48,53,66-67H,6-32H2,(H2,52,68)(H,54,83)(H,55,82)(H,56,69)(H,70,71)(H,72,73)(H,74,75)(H,76,77)(H,78,79)(H,80,81);;/t34-,35-,36-,45-,46?,47+,48-;;/m0../s1. The van der Waals surface area contributed by atoms with E-state index in [2.05, 4.69) is 21.3 Å². The summed E-state index contributed by atoms with van der Waals surface area (Å²) in [5.74, 6) is -11.4. The molecule has 7 atom stereocenters. The fraction of sp³-hybridized carbons (Fsp3) is 0.667. The van der Waals surface area contributed by atoms with Crippen LogP contribution in [0, 0.1) is 76.8 Å². The number of carboxylic acid groups (broad SMARTS) is 6. The van der Waals surface area contributed by atoms with Crippen LogP contribution in [0.15, 0.2) is 30.3 Å². The van der Waals surface area contributed by atoms with E-state index in [0.717, 1.165) is 4.90 Å². The molecule has 0 aromatic heterocycles. The van der Waals surface area contributed by atoms with Crippen molar-refractivity contribution in [3.8, 4) is 0 Å². The maximum Gasteiger partial charge on any atom is 0.317 e. The number of carbonyl (C=O) groups is 11. The fourth-order valence-corrected chi connectivity index (χ4v) is 11.0. The first-order valence-corrected chi connectivity index (χ1v) is 27.6. The van der Waals surface area contributed by atoms with Gasteiger partial charge in [0.1, 0.15) is 18.1 Å². The van der Waals surface area contributed by atoms with Crippen LogP contribution in [0.4, 0.5) is 0 Å². The van der Waals surface area contributed by atoms with Crippen LogP contribution >= 0.6 is 0 Å². The van der Waals surface area contributed by atoms with E-state index in [9.17, 15) is 88.8 Å². The van der Waals surface area contributed by atoms with Gasteiger partial charge in [0.15, 0.2) is 0 Å². The van der Waals surface area contributed by atoms with E-state index < -0.39 is 160 Å². The number of carboxylic acids is 6. The van der Waals surface area contributed by atoms with E-state index in [-0.39, 0.29) is 201 Å². The average molecular weight is 1530 g/mol. The number of β-amino-alcohol motifs (C(OH)–C–C–N with tert-alkyl or cyclic N) is 2. The Morgan fingerprint density at radius 1 is 0.512 bits per heavy atom. The van der Waals surface area contributed by atoms with Gasteiger partial charge >= 0.3 is 35.8 Å². The zero-order valence-electron chi connectivity index (χ0n) is 47.3. The van der Waals surface area contributed by atoms with Crippen LogP contribution in [0.1, 0.15) is 5.56 Å². The number of aliphatic hydroxyl groups excluding tert-OH is 2. The van der Waals surface area contributed by atoms with Gasteiger partial charge in [-0.2, -0.15) is 0 Å². The van der Waals surface area contributed by atoms with E-state index in [1.54, 1.807) is 59.7 Å². The number of primary amides is 1. The number of amides is 5. The van der Waals surface area contributed by atoms with Crippen molar-refractivity contribution in [2.45, 2.75) is 48.8 Å². The Kier molecular flexibility index (Phi) is 33.6. The van der Waals surface area contributed by atoms with Crippen molar-refractivity contribution in [3.63, 3.8) is 0 Å². The summed E-state index contributed by atoms with van der Waals surface area (Å²) in [5, 5.41) is 92.3. The maximum atomic E-state index is 15.1. The largest absolute Gasteiger partial charge is 0.480 e. The second kappa shape index (κ2) is 38.1. The molecule has 14 N–H and O–H groups in total. The average Bonchev–Trinajstić information content (AvgIpc) is 2.07. The van der Waals surface area contributed by atoms with Crippen LogP contribution in [0.5, 0.6) is 0 Å². The van der Waals surface area contributed by atoms with Crippen molar-refractivity contribution in [1.82, 2.24) is 65.4 Å². The Morgan fingerprint density at radius 2 is 0.872 bits per heavy atom. The topological polar surface area (TPSA) is 453 Å². The van der Waals surface area contributed by atoms with Gasteiger partial charge in [0, 0.05) is 201 Å². The molecule has 491 valence electrons. The molecule has 4 saturated heterocycles. The van der Waals surface area contributed by atoms with Gasteiger partial charge in [0.25, 0.3) is 0 Å². The molecule has 4 fully saturated rings. The smallest absolute Gasteiger partial charge is 0.317 e. The van der Waals surface area contributed by atoms with Crippen LogP contribution < -0.4 is 27.0 Å². The SMILES string of the molecule is NC(=O)CNC(=O)[C@@H]1[C@H](N2CCN(CC(=O)O)CCN(CC(=O)O)CCN(CC(=O)O)CC2)[C@@H](O)CN1C(=O)[C@H](Cc1ccccc1)NC(=O)CNC(=O)[C@H]1NC[C@H](O)C1N1CCN(CC(=O)O)CCN(CC(=O)O)CCN(CC(=O)O)CC1.[Gd].[Lu]. The summed E-state index contributed by atoms with van der Waals surface area (Å²) in [4.78, 5) is 155. The summed E-state index contributed by atoms with van der Waals surface area (Å²) in [5.41, 5.74) is 5.95. The van der Waals surface area contributed by atoms with E-state index >= 15 is 4.79 Å². The molecular weight excluding hydrogens is 1440 g/mol. The number of nitrogens with one attached hydrogen (secondary N) is 4. The van der Waals surface area contributed by atoms with Crippen molar-refractivity contribution < 1.29 is 170 Å². The number of aliphatic hydroxyl groups is 2. The molecule has 1 aromatic carbocycles. The van der Waals surface area contributed by atoms with Gasteiger partial charge in [0.05, 0.1) is 76.6 Å². The van der Waals surface area contributed by atoms with E-state index in [1.807, 2.05) is 0 Å². The number of nitrogens with two attached hydrogens (primary N) is 1. The number of aliphatic carboxylic acids is 6. The normalized spacial score (nSPS) is 23.9. The van der Waals surface area contributed by atoms with Gasteiger partial charge in [-0.1, -0.05) is 30.3 Å². The van der Waals surface area contributed by atoms with Crippen molar-refractivity contribution >= 4 is 65.4 Å². The van der Waals surface area contributed by atoms with Crippen LogP contribution in [0.2, 0.25) is 0 Å². The van der Waals surface area contributed by atoms with Crippen molar-refractivity contribution in [3.05, 3.63) is 35.9 Å². The van der Waals surface area contributed by atoms with Gasteiger partial charge in [-0.15, -0.1) is 0 Å². The van der Waals surface area contributed by atoms with Crippen LogP contribution in [0.25, 0.3) is 0 Å². The molecule has 1 aromatic rings. The van der Waals surface area contributed by atoms with Gasteiger partial charge in [-0.3, -0.25) is 91.9 Å². The molecule has 4 heterocycles. The molecule has 1 unspecified atom stereocenters. The summed E-state index contributed by atoms with van der Waals surface area (Å²) in [6, 6.07) is 1.80. The number of rotatable bonds is 24. The maximum absolute atomic E-state index is 15.1. The number of nitrogens with zero attached hydrogens (tertiary/aromatic N) is 9. The van der Waals surface area contributed by atoms with E-state index in [4.69, 9.17) is 5.73 Å². The summed E-state index contributed by atoms with van der Waals surface area (Å²) in [7, 11) is 0. The number of benzene rings is 1. The molecule has 0 aliphatic carbocycles. The third kappa shape index (κ3) is 25.5. The second-order valence-electron chi connectivity index (χ2n) is 21.2. The molecule has 35 heteroatoms. The summed E-state index contributed by atoms with van der Waals surface area (Å²) in [6.07, 6.45) is -2.91. The molecule has 5 rings (SSSR count). The molecule has 4 aliphatic heterocycles. The first kappa shape index (κ1) is 75.8. The Morgan fingerprint density at radius 3 is 1.24 bits per heavy atom. The first-order chi connectivity index (χ1) is 39.9. The third-order valence-corrected chi connectivity index (χ3v) is 15.1. The Balaban J connectivity index is 0.00000968. The minimum atomic E-state index is -1.62. The molecule has 5 amide bonds. The molecule has 1 radical (unpaired) electrons. The van der Waals surface area contributed by atoms with Gasteiger partial charge in [0.2, 0.25) is 29.5 Å². The number of likely N-dealkylation sites (tertiary alicyclic amines) is 1. The Bertz CT molecular complexity index is 2400. The molecule has 86 heavy (non-hydrogen) atoms. The van der Waals surface area contributed by atoms with Crippen LogP contribution in [0.3, 0.4) is 0 Å². The van der Waals surface area contributed by atoms with Crippen molar-refractivity contribution in [2.75, 3.05) is 170 Å². The summed E-state index contributed by atoms with van der Waals surface area (Å²) >= 11 is 0. The minimum absolute atomic E-state index is 0. The first-order valence-electron chi connectivity index (χ1n) is 27.6. The molecule has 0 spiro atoms. The van der Waals surface area contributed by atoms with Crippen molar-refractivity contribution in [2.24, 2.45) is 5.73 Å². The Labute approximate surface area is 557 Å². The van der Waals surface area contributed by atoms with E-state index in [1.165, 1.54) is 9.80 Å². The van der Waals surface area contributed by atoms with Gasteiger partial charge < -0.3 is 72.8 Å². The zero-order valence-corrected chi connectivity index (χ0v) is 51.2.